The van der Waals surface area contributed by atoms with Crippen molar-refractivity contribution in [2.45, 2.75) is 6.42 Å². The van der Waals surface area contributed by atoms with Crippen molar-refractivity contribution in [3.8, 4) is 0 Å². The topological polar surface area (TPSA) is 70.3 Å². The maximum atomic E-state index is 5.93. The van der Waals surface area contributed by atoms with Gasteiger partial charge in [0.25, 0.3) is 0 Å². The number of halogens is 1. The first-order chi connectivity index (χ1) is 7.86. The zero-order chi connectivity index (χ0) is 11.2. The zero-order valence-corrected chi connectivity index (χ0v) is 12.8. The van der Waals surface area contributed by atoms with E-state index in [1.165, 1.54) is 5.56 Å². The molecule has 0 unspecified atom stereocenters. The maximum Gasteiger partial charge on any atom is 0.191 e. The minimum Gasteiger partial charge on any atom is -0.370 e. The van der Waals surface area contributed by atoms with Gasteiger partial charge in [-0.3, -0.25) is 10.1 Å². The Morgan fingerprint density at radius 1 is 1.53 bits per heavy atom. The third-order valence-corrected chi connectivity index (χ3v) is 3.51. The fourth-order valence-corrected chi connectivity index (χ4v) is 2.51. The van der Waals surface area contributed by atoms with Crippen LogP contribution in [-0.4, -0.2) is 52.2 Å². The molecule has 1 fully saturated rings. The number of nitrogens with zero attached hydrogens (tertiary/aromatic N) is 3. The Hall–Kier alpha value is -0.440. The quantitative estimate of drug-likeness (QED) is 0.474. The summed E-state index contributed by atoms with van der Waals surface area (Å²) in [5.41, 5.74) is 7.10. The predicted molar refractivity (Wildman–Crippen MR) is 83.1 cm³/mol. The minimum atomic E-state index is 0. The second-order valence-electron chi connectivity index (χ2n) is 3.70. The van der Waals surface area contributed by atoms with Gasteiger partial charge in [0.15, 0.2) is 5.96 Å². The van der Waals surface area contributed by atoms with E-state index in [9.17, 15) is 0 Å². The van der Waals surface area contributed by atoms with Crippen molar-refractivity contribution in [2.24, 2.45) is 10.7 Å². The fraction of sp³-hybridized carbons (Fsp3) is 0.600. The molecule has 0 saturated carbocycles. The van der Waals surface area contributed by atoms with Gasteiger partial charge in [0.05, 0.1) is 6.20 Å². The molecule has 0 amide bonds. The molecule has 0 atom stereocenters. The van der Waals surface area contributed by atoms with E-state index in [1.54, 1.807) is 0 Å². The number of aliphatic imine (C=N–C) groups is 1. The molecule has 1 aliphatic heterocycles. The number of aromatic amines is 1. The third-order valence-electron chi connectivity index (χ3n) is 2.56. The molecule has 3 N–H and O–H groups in total. The lowest BCUT2D eigenvalue weighted by Gasteiger charge is -2.27. The maximum absolute atomic E-state index is 5.93. The number of thioether (sulfide) groups is 1. The van der Waals surface area contributed by atoms with Crippen molar-refractivity contribution in [3.63, 3.8) is 0 Å². The van der Waals surface area contributed by atoms with Crippen molar-refractivity contribution in [1.82, 2.24) is 15.1 Å². The Morgan fingerprint density at radius 2 is 2.29 bits per heavy atom. The number of H-pyrrole nitrogens is 1. The van der Waals surface area contributed by atoms with E-state index >= 15 is 0 Å². The number of nitrogens with two attached hydrogens (primary N) is 1. The fourth-order valence-electron chi connectivity index (χ4n) is 1.61. The summed E-state index contributed by atoms with van der Waals surface area (Å²) in [4.78, 5) is 6.55. The average Bonchev–Trinajstić information content (AvgIpc) is 2.83. The molecule has 0 aliphatic carbocycles. The van der Waals surface area contributed by atoms with Crippen LogP contribution in [0.25, 0.3) is 0 Å². The smallest absolute Gasteiger partial charge is 0.191 e. The second-order valence-corrected chi connectivity index (χ2v) is 4.92. The summed E-state index contributed by atoms with van der Waals surface area (Å²) in [5.74, 6) is 2.99. The Kier molecular flexibility index (Phi) is 6.71. The minimum absolute atomic E-state index is 0. The number of aromatic nitrogens is 2. The van der Waals surface area contributed by atoms with Crippen LogP contribution in [0.5, 0.6) is 0 Å². The van der Waals surface area contributed by atoms with Crippen molar-refractivity contribution >= 4 is 41.7 Å². The Labute approximate surface area is 123 Å². The summed E-state index contributed by atoms with van der Waals surface area (Å²) < 4.78 is 0. The molecular weight excluding hydrogens is 349 g/mol. The monoisotopic (exact) mass is 367 g/mol. The summed E-state index contributed by atoms with van der Waals surface area (Å²) in [6.45, 7) is 2.77. The molecule has 1 aliphatic rings. The van der Waals surface area contributed by atoms with E-state index < -0.39 is 0 Å². The zero-order valence-electron chi connectivity index (χ0n) is 9.63. The Morgan fingerprint density at radius 3 is 2.94 bits per heavy atom. The summed E-state index contributed by atoms with van der Waals surface area (Å²) in [6.07, 6.45) is 4.60. The van der Waals surface area contributed by atoms with Crippen LogP contribution >= 0.6 is 35.7 Å². The lowest BCUT2D eigenvalue weighted by Crippen LogP contribution is -2.42. The highest BCUT2D eigenvalue weighted by atomic mass is 127. The van der Waals surface area contributed by atoms with Gasteiger partial charge in [0.2, 0.25) is 0 Å². The van der Waals surface area contributed by atoms with Crippen LogP contribution in [-0.2, 0) is 6.42 Å². The first kappa shape index (κ1) is 14.6. The van der Waals surface area contributed by atoms with E-state index in [0.29, 0.717) is 5.96 Å². The van der Waals surface area contributed by atoms with Gasteiger partial charge in [-0.2, -0.15) is 16.9 Å². The standard InChI is InChI=1S/C10H17N5S.HI/c11-10(15-3-5-16-6-4-15)12-2-1-9-7-13-14-8-9;/h7-8H,1-6H2,(H2,11,12)(H,13,14);1H. The van der Waals surface area contributed by atoms with Crippen LogP contribution in [0.3, 0.4) is 0 Å². The van der Waals surface area contributed by atoms with Crippen molar-refractivity contribution in [3.05, 3.63) is 18.0 Å². The number of guanidine groups is 1. The normalized spacial score (nSPS) is 16.7. The van der Waals surface area contributed by atoms with E-state index in [1.807, 2.05) is 24.2 Å². The van der Waals surface area contributed by atoms with Crippen LogP contribution in [0.15, 0.2) is 17.4 Å². The molecule has 1 saturated heterocycles. The third kappa shape index (κ3) is 4.74. The highest BCUT2D eigenvalue weighted by Gasteiger charge is 2.11. The molecule has 17 heavy (non-hydrogen) atoms. The highest BCUT2D eigenvalue weighted by Crippen LogP contribution is 2.08. The first-order valence-electron chi connectivity index (χ1n) is 5.46. The Balaban J connectivity index is 0.00000144. The van der Waals surface area contributed by atoms with Crippen molar-refractivity contribution in [2.75, 3.05) is 31.1 Å². The van der Waals surface area contributed by atoms with Crippen LogP contribution in [0.4, 0.5) is 0 Å². The average molecular weight is 367 g/mol. The molecule has 96 valence electrons. The number of rotatable bonds is 3. The molecule has 1 aromatic heterocycles. The SMILES string of the molecule is I.NC(=NCCc1cn[nH]c1)N1CCSCC1. The van der Waals surface area contributed by atoms with E-state index in [-0.39, 0.29) is 24.0 Å². The molecule has 7 heteroatoms. The van der Waals surface area contributed by atoms with Crippen LogP contribution in [0.2, 0.25) is 0 Å². The van der Waals surface area contributed by atoms with Crippen molar-refractivity contribution < 1.29 is 0 Å². The molecule has 2 rings (SSSR count). The number of nitrogens with one attached hydrogen (secondary N) is 1. The summed E-state index contributed by atoms with van der Waals surface area (Å²) in [5, 5.41) is 6.68. The largest absolute Gasteiger partial charge is 0.370 e. The van der Waals surface area contributed by atoms with E-state index in [0.717, 1.165) is 37.6 Å². The van der Waals surface area contributed by atoms with Gasteiger partial charge >= 0.3 is 0 Å². The lowest BCUT2D eigenvalue weighted by atomic mass is 10.3. The first-order valence-corrected chi connectivity index (χ1v) is 6.62. The van der Waals surface area contributed by atoms with Crippen LogP contribution in [0.1, 0.15) is 5.56 Å². The summed E-state index contributed by atoms with van der Waals surface area (Å²) in [6, 6.07) is 0. The molecule has 0 aromatic carbocycles. The lowest BCUT2D eigenvalue weighted by molar-refractivity contribution is 0.456. The molecule has 5 nitrogen and oxygen atoms in total. The predicted octanol–water partition coefficient (Wildman–Crippen LogP) is 0.934. The number of hydrogen-bond donors (Lipinski definition) is 2. The van der Waals surface area contributed by atoms with Gasteiger partial charge in [-0.05, 0) is 12.0 Å². The summed E-state index contributed by atoms with van der Waals surface area (Å²) in [7, 11) is 0. The van der Waals surface area contributed by atoms with Gasteiger partial charge in [-0.15, -0.1) is 24.0 Å². The van der Waals surface area contributed by atoms with Crippen LogP contribution in [0, 0.1) is 0 Å². The van der Waals surface area contributed by atoms with Gasteiger partial charge in [0.1, 0.15) is 0 Å². The van der Waals surface area contributed by atoms with Crippen LogP contribution < -0.4 is 5.73 Å². The molecule has 2 heterocycles. The van der Waals surface area contributed by atoms with E-state index in [4.69, 9.17) is 5.73 Å². The van der Waals surface area contributed by atoms with Gasteiger partial charge in [0, 0.05) is 37.3 Å². The molecule has 0 bridgehead atoms. The molecule has 1 aromatic rings. The van der Waals surface area contributed by atoms with Gasteiger partial charge < -0.3 is 10.6 Å². The molecule has 0 spiro atoms. The van der Waals surface area contributed by atoms with Gasteiger partial charge in [-0.1, -0.05) is 0 Å². The van der Waals surface area contributed by atoms with Crippen molar-refractivity contribution in [1.29, 1.82) is 0 Å². The van der Waals surface area contributed by atoms with Gasteiger partial charge in [-0.25, -0.2) is 0 Å². The molecule has 0 radical (unpaired) electrons. The second kappa shape index (κ2) is 7.80. The molecular formula is C10H18IN5S. The van der Waals surface area contributed by atoms with E-state index in [2.05, 4.69) is 20.1 Å². The summed E-state index contributed by atoms with van der Waals surface area (Å²) >= 11 is 1.97. The highest BCUT2D eigenvalue weighted by molar-refractivity contribution is 14.0. The Bertz CT molecular complexity index is 334. The number of hydrogen-bond acceptors (Lipinski definition) is 3.